The molecule has 13 heavy (non-hydrogen) atoms. The van der Waals surface area contributed by atoms with Gasteiger partial charge in [0.2, 0.25) is 0 Å². The third kappa shape index (κ3) is 1.69. The average molecular weight is 202 g/mol. The van der Waals surface area contributed by atoms with Crippen LogP contribution < -0.4 is 5.73 Å². The summed E-state index contributed by atoms with van der Waals surface area (Å²) in [6.45, 7) is 1.77. The van der Waals surface area contributed by atoms with Crippen molar-refractivity contribution in [2.75, 3.05) is 0 Å². The van der Waals surface area contributed by atoms with E-state index in [-0.39, 0.29) is 23.8 Å². The molecule has 0 spiro atoms. The molecule has 3 heteroatoms. The van der Waals surface area contributed by atoms with Gasteiger partial charge in [0, 0.05) is 11.1 Å². The van der Waals surface area contributed by atoms with Crippen LogP contribution in [0.2, 0.25) is 0 Å². The highest BCUT2D eigenvalue weighted by atomic mass is 35.5. The van der Waals surface area contributed by atoms with Crippen LogP contribution in [0, 0.1) is 12.7 Å². The van der Waals surface area contributed by atoms with Crippen LogP contribution in [0.4, 0.5) is 4.39 Å². The van der Waals surface area contributed by atoms with Gasteiger partial charge in [-0.15, -0.1) is 12.4 Å². The van der Waals surface area contributed by atoms with E-state index in [0.717, 1.165) is 12.8 Å². The van der Waals surface area contributed by atoms with Gasteiger partial charge in [-0.3, -0.25) is 0 Å². The second-order valence-corrected chi connectivity index (χ2v) is 3.59. The van der Waals surface area contributed by atoms with E-state index >= 15 is 0 Å². The highest BCUT2D eigenvalue weighted by Crippen LogP contribution is 2.43. The van der Waals surface area contributed by atoms with Crippen molar-refractivity contribution >= 4 is 12.4 Å². The van der Waals surface area contributed by atoms with Gasteiger partial charge in [0.15, 0.2) is 0 Å². The smallest absolute Gasteiger partial charge is 0.131 e. The molecule has 0 aromatic heterocycles. The molecular formula is C10H13ClFN. The maximum Gasteiger partial charge on any atom is 0.131 e. The Hall–Kier alpha value is -0.600. The molecule has 1 nitrogen and oxygen atoms in total. The standard InChI is InChI=1S/C10H12FN.ClH/c1-7-3-2-4-8(9(7)11)10(12)5-6-10;/h2-4H,5-6,12H2,1H3;1H. The molecule has 0 amide bonds. The van der Waals surface area contributed by atoms with Crippen molar-refractivity contribution < 1.29 is 4.39 Å². The first-order chi connectivity index (χ1) is 5.63. The van der Waals surface area contributed by atoms with Gasteiger partial charge in [0.1, 0.15) is 5.82 Å². The molecule has 0 atom stereocenters. The Morgan fingerprint density at radius 2 is 2.00 bits per heavy atom. The molecule has 0 radical (unpaired) electrons. The predicted molar refractivity (Wildman–Crippen MR) is 53.5 cm³/mol. The van der Waals surface area contributed by atoms with E-state index in [1.165, 1.54) is 0 Å². The maximum atomic E-state index is 13.5. The summed E-state index contributed by atoms with van der Waals surface area (Å²) in [5.74, 6) is -0.127. The van der Waals surface area contributed by atoms with Crippen LogP contribution in [0.1, 0.15) is 24.0 Å². The van der Waals surface area contributed by atoms with E-state index in [2.05, 4.69) is 0 Å². The summed E-state index contributed by atoms with van der Waals surface area (Å²) in [5.41, 5.74) is 6.91. The zero-order valence-corrected chi connectivity index (χ0v) is 8.33. The summed E-state index contributed by atoms with van der Waals surface area (Å²) >= 11 is 0. The van der Waals surface area contributed by atoms with E-state index in [9.17, 15) is 4.39 Å². The molecule has 1 fully saturated rings. The first kappa shape index (κ1) is 10.5. The molecule has 0 heterocycles. The average Bonchev–Trinajstić information content (AvgIpc) is 2.75. The van der Waals surface area contributed by atoms with E-state index in [0.29, 0.717) is 11.1 Å². The molecule has 72 valence electrons. The summed E-state index contributed by atoms with van der Waals surface area (Å²) in [4.78, 5) is 0. The van der Waals surface area contributed by atoms with E-state index in [1.54, 1.807) is 19.1 Å². The Morgan fingerprint density at radius 1 is 1.38 bits per heavy atom. The maximum absolute atomic E-state index is 13.5. The summed E-state index contributed by atoms with van der Waals surface area (Å²) in [5, 5.41) is 0. The lowest BCUT2D eigenvalue weighted by Gasteiger charge is -2.11. The number of benzene rings is 1. The number of hydrogen-bond donors (Lipinski definition) is 1. The third-order valence-corrected chi connectivity index (χ3v) is 2.52. The first-order valence-electron chi connectivity index (χ1n) is 4.18. The van der Waals surface area contributed by atoms with Gasteiger partial charge >= 0.3 is 0 Å². The Kier molecular flexibility index (Phi) is 2.64. The lowest BCUT2D eigenvalue weighted by Crippen LogP contribution is -2.20. The fourth-order valence-corrected chi connectivity index (χ4v) is 1.44. The number of aryl methyl sites for hydroxylation is 1. The number of rotatable bonds is 1. The Balaban J connectivity index is 0.000000845. The van der Waals surface area contributed by atoms with Crippen LogP contribution >= 0.6 is 12.4 Å². The summed E-state index contributed by atoms with van der Waals surface area (Å²) in [6.07, 6.45) is 1.82. The molecule has 0 bridgehead atoms. The fourth-order valence-electron chi connectivity index (χ4n) is 1.44. The van der Waals surface area contributed by atoms with Crippen molar-refractivity contribution in [2.24, 2.45) is 5.73 Å². The number of halogens is 2. The monoisotopic (exact) mass is 201 g/mol. The van der Waals surface area contributed by atoms with Crippen LogP contribution in [-0.4, -0.2) is 0 Å². The first-order valence-corrected chi connectivity index (χ1v) is 4.18. The predicted octanol–water partition coefficient (Wildman–Crippen LogP) is 2.50. The minimum atomic E-state index is -0.351. The molecule has 0 saturated heterocycles. The van der Waals surface area contributed by atoms with Crippen molar-refractivity contribution in [3.8, 4) is 0 Å². The number of hydrogen-bond acceptors (Lipinski definition) is 1. The van der Waals surface area contributed by atoms with E-state index in [1.807, 2.05) is 6.07 Å². The Labute approximate surface area is 83.5 Å². The SMILES string of the molecule is Cc1cccc(C2(N)CC2)c1F.Cl. The summed E-state index contributed by atoms with van der Waals surface area (Å²) in [6, 6.07) is 5.42. The molecule has 1 saturated carbocycles. The normalized spacial score (nSPS) is 17.8. The highest BCUT2D eigenvalue weighted by Gasteiger charge is 2.42. The van der Waals surface area contributed by atoms with Gasteiger partial charge in [-0.1, -0.05) is 18.2 Å². The minimum Gasteiger partial charge on any atom is -0.321 e. The quantitative estimate of drug-likeness (QED) is 0.743. The van der Waals surface area contributed by atoms with Crippen molar-refractivity contribution in [2.45, 2.75) is 25.3 Å². The van der Waals surface area contributed by atoms with Gasteiger partial charge in [-0.05, 0) is 25.3 Å². The fraction of sp³-hybridized carbons (Fsp3) is 0.400. The zero-order valence-electron chi connectivity index (χ0n) is 7.51. The largest absolute Gasteiger partial charge is 0.321 e. The Bertz CT molecular complexity index is 321. The third-order valence-electron chi connectivity index (χ3n) is 2.52. The van der Waals surface area contributed by atoms with E-state index < -0.39 is 0 Å². The van der Waals surface area contributed by atoms with E-state index in [4.69, 9.17) is 5.73 Å². The van der Waals surface area contributed by atoms with Gasteiger partial charge in [-0.25, -0.2) is 4.39 Å². The van der Waals surface area contributed by atoms with Crippen LogP contribution in [0.5, 0.6) is 0 Å². The lowest BCUT2D eigenvalue weighted by molar-refractivity contribution is 0.570. The molecule has 2 N–H and O–H groups in total. The zero-order chi connectivity index (χ0) is 8.77. The summed E-state index contributed by atoms with van der Waals surface area (Å²) < 4.78 is 13.5. The van der Waals surface area contributed by atoms with Crippen molar-refractivity contribution in [3.05, 3.63) is 35.1 Å². The summed E-state index contributed by atoms with van der Waals surface area (Å²) in [7, 11) is 0. The molecule has 1 aliphatic carbocycles. The second kappa shape index (κ2) is 3.28. The van der Waals surface area contributed by atoms with Crippen LogP contribution in [0.3, 0.4) is 0 Å². The van der Waals surface area contributed by atoms with Crippen LogP contribution in [-0.2, 0) is 5.54 Å². The molecule has 1 aromatic carbocycles. The number of nitrogens with two attached hydrogens (primary N) is 1. The van der Waals surface area contributed by atoms with Gasteiger partial charge in [-0.2, -0.15) is 0 Å². The molecule has 0 unspecified atom stereocenters. The van der Waals surface area contributed by atoms with Crippen molar-refractivity contribution in [1.29, 1.82) is 0 Å². The topological polar surface area (TPSA) is 26.0 Å². The van der Waals surface area contributed by atoms with Crippen LogP contribution in [0.25, 0.3) is 0 Å². The highest BCUT2D eigenvalue weighted by molar-refractivity contribution is 5.85. The van der Waals surface area contributed by atoms with Gasteiger partial charge in [0.25, 0.3) is 0 Å². The second-order valence-electron chi connectivity index (χ2n) is 3.59. The molecule has 2 rings (SSSR count). The van der Waals surface area contributed by atoms with Crippen molar-refractivity contribution in [1.82, 2.24) is 0 Å². The van der Waals surface area contributed by atoms with Gasteiger partial charge in [0.05, 0.1) is 0 Å². The molecular weight excluding hydrogens is 189 g/mol. The lowest BCUT2D eigenvalue weighted by atomic mass is 10.0. The van der Waals surface area contributed by atoms with Crippen molar-refractivity contribution in [3.63, 3.8) is 0 Å². The Morgan fingerprint density at radius 3 is 2.54 bits per heavy atom. The van der Waals surface area contributed by atoms with Crippen LogP contribution in [0.15, 0.2) is 18.2 Å². The minimum absolute atomic E-state index is 0. The molecule has 1 aliphatic rings. The molecule has 1 aromatic rings. The molecule has 0 aliphatic heterocycles. The van der Waals surface area contributed by atoms with Gasteiger partial charge < -0.3 is 5.73 Å².